The molecule has 0 radical (unpaired) electrons. The summed E-state index contributed by atoms with van der Waals surface area (Å²) in [6.07, 6.45) is 5.48. The number of hydrogen-bond donors (Lipinski definition) is 1. The zero-order valence-electron chi connectivity index (χ0n) is 10.3. The second kappa shape index (κ2) is 6.24. The second-order valence-electron chi connectivity index (χ2n) is 3.65. The molecular formula is C12H12N4O2S. The van der Waals surface area contributed by atoms with Crippen LogP contribution >= 0.6 is 11.8 Å². The van der Waals surface area contributed by atoms with E-state index in [9.17, 15) is 4.79 Å². The molecule has 0 saturated carbocycles. The SMILES string of the molecule is CCc1cc(SCC(=O)O)nc(-c2cnccn2)n1. The smallest absolute Gasteiger partial charge is 0.313 e. The van der Waals surface area contributed by atoms with Gasteiger partial charge in [-0.25, -0.2) is 15.0 Å². The van der Waals surface area contributed by atoms with Crippen LogP contribution in [0.4, 0.5) is 0 Å². The van der Waals surface area contributed by atoms with Crippen LogP contribution in [0.2, 0.25) is 0 Å². The van der Waals surface area contributed by atoms with Gasteiger partial charge in [0.15, 0.2) is 5.82 Å². The van der Waals surface area contributed by atoms with Crippen LogP contribution in [-0.2, 0) is 11.2 Å². The number of aromatic nitrogens is 4. The molecule has 2 aromatic heterocycles. The number of nitrogens with zero attached hydrogens (tertiary/aromatic N) is 4. The molecule has 6 nitrogen and oxygen atoms in total. The number of aliphatic carboxylic acids is 1. The summed E-state index contributed by atoms with van der Waals surface area (Å²) in [6, 6.07) is 1.80. The van der Waals surface area contributed by atoms with Gasteiger partial charge in [-0.1, -0.05) is 18.7 Å². The van der Waals surface area contributed by atoms with E-state index in [0.29, 0.717) is 16.5 Å². The molecule has 0 spiro atoms. The fourth-order valence-corrected chi connectivity index (χ4v) is 2.03. The normalized spacial score (nSPS) is 10.4. The van der Waals surface area contributed by atoms with Crippen LogP contribution in [0.1, 0.15) is 12.6 Å². The van der Waals surface area contributed by atoms with Crippen molar-refractivity contribution in [2.45, 2.75) is 18.4 Å². The van der Waals surface area contributed by atoms with E-state index >= 15 is 0 Å². The molecule has 1 N–H and O–H groups in total. The van der Waals surface area contributed by atoms with Gasteiger partial charge in [-0.05, 0) is 12.5 Å². The Hall–Kier alpha value is -2.02. The summed E-state index contributed by atoms with van der Waals surface area (Å²) < 4.78 is 0. The van der Waals surface area contributed by atoms with Gasteiger partial charge in [-0.3, -0.25) is 9.78 Å². The molecule has 0 aliphatic rings. The molecule has 0 aliphatic carbocycles. The van der Waals surface area contributed by atoms with Gasteiger partial charge in [0.25, 0.3) is 0 Å². The quantitative estimate of drug-likeness (QED) is 0.656. The van der Waals surface area contributed by atoms with E-state index in [0.717, 1.165) is 12.1 Å². The van der Waals surface area contributed by atoms with Gasteiger partial charge < -0.3 is 5.11 Å². The largest absolute Gasteiger partial charge is 0.481 e. The predicted molar refractivity (Wildman–Crippen MR) is 70.8 cm³/mol. The van der Waals surface area contributed by atoms with Crippen LogP contribution in [0.5, 0.6) is 0 Å². The summed E-state index contributed by atoms with van der Waals surface area (Å²) in [5, 5.41) is 9.34. The lowest BCUT2D eigenvalue weighted by molar-refractivity contribution is -0.133. The minimum atomic E-state index is -0.872. The Morgan fingerprint density at radius 3 is 2.84 bits per heavy atom. The highest BCUT2D eigenvalue weighted by Gasteiger charge is 2.09. The zero-order chi connectivity index (χ0) is 13.7. The molecule has 98 valence electrons. The molecule has 0 aromatic carbocycles. The Balaban J connectivity index is 2.33. The molecule has 0 aliphatic heterocycles. The van der Waals surface area contributed by atoms with Gasteiger partial charge >= 0.3 is 5.97 Å². The highest BCUT2D eigenvalue weighted by atomic mass is 32.2. The molecule has 0 atom stereocenters. The molecule has 19 heavy (non-hydrogen) atoms. The van der Waals surface area contributed by atoms with Crippen LogP contribution < -0.4 is 0 Å². The molecule has 0 unspecified atom stereocenters. The topological polar surface area (TPSA) is 88.9 Å². The molecule has 0 fully saturated rings. The van der Waals surface area contributed by atoms with Crippen molar-refractivity contribution in [1.82, 2.24) is 19.9 Å². The number of carbonyl (C=O) groups is 1. The number of carboxylic acid groups (broad SMARTS) is 1. The Kier molecular flexibility index (Phi) is 4.40. The summed E-state index contributed by atoms with van der Waals surface area (Å²) in [5.74, 6) is -0.428. The molecular weight excluding hydrogens is 264 g/mol. The van der Waals surface area contributed by atoms with Crippen LogP contribution in [-0.4, -0.2) is 36.8 Å². The summed E-state index contributed by atoms with van der Waals surface area (Å²) >= 11 is 1.17. The number of carboxylic acids is 1. The van der Waals surface area contributed by atoms with Crippen molar-refractivity contribution in [2.75, 3.05) is 5.75 Å². The van der Waals surface area contributed by atoms with Gasteiger partial charge in [0.2, 0.25) is 0 Å². The minimum absolute atomic E-state index is 0.0277. The lowest BCUT2D eigenvalue weighted by Crippen LogP contribution is -2.01. The van der Waals surface area contributed by atoms with E-state index in [2.05, 4.69) is 19.9 Å². The standard InChI is InChI=1S/C12H12N4O2S/c1-2-8-5-10(19-7-11(17)18)16-12(15-8)9-6-13-3-4-14-9/h3-6H,2,7H2,1H3,(H,17,18). The van der Waals surface area contributed by atoms with Gasteiger partial charge in [-0.2, -0.15) is 0 Å². The fourth-order valence-electron chi connectivity index (χ4n) is 1.39. The number of rotatable bonds is 5. The van der Waals surface area contributed by atoms with E-state index in [1.54, 1.807) is 24.7 Å². The first-order chi connectivity index (χ1) is 9.19. The second-order valence-corrected chi connectivity index (χ2v) is 4.64. The fraction of sp³-hybridized carbons (Fsp3) is 0.250. The maximum Gasteiger partial charge on any atom is 0.313 e. The zero-order valence-corrected chi connectivity index (χ0v) is 11.1. The molecule has 0 saturated heterocycles. The van der Waals surface area contributed by atoms with E-state index in [4.69, 9.17) is 5.11 Å². The molecule has 2 aromatic rings. The van der Waals surface area contributed by atoms with Crippen molar-refractivity contribution in [2.24, 2.45) is 0 Å². The van der Waals surface area contributed by atoms with Gasteiger partial charge in [-0.15, -0.1) is 0 Å². The third-order valence-corrected chi connectivity index (χ3v) is 3.15. The van der Waals surface area contributed by atoms with Crippen LogP contribution in [0.3, 0.4) is 0 Å². The molecule has 2 heterocycles. The third-order valence-electron chi connectivity index (χ3n) is 2.25. The summed E-state index contributed by atoms with van der Waals surface area (Å²) in [5.41, 5.74) is 1.43. The molecule has 7 heteroatoms. The van der Waals surface area contributed by atoms with Crippen molar-refractivity contribution < 1.29 is 9.90 Å². The maximum atomic E-state index is 10.6. The lowest BCUT2D eigenvalue weighted by Gasteiger charge is -2.05. The first-order valence-corrected chi connectivity index (χ1v) is 6.66. The van der Waals surface area contributed by atoms with Crippen molar-refractivity contribution in [1.29, 1.82) is 0 Å². The lowest BCUT2D eigenvalue weighted by atomic mass is 10.3. The van der Waals surface area contributed by atoms with E-state index in [1.807, 2.05) is 6.92 Å². The first kappa shape index (κ1) is 13.4. The van der Waals surface area contributed by atoms with Crippen molar-refractivity contribution >= 4 is 17.7 Å². The Labute approximate surface area is 114 Å². The molecule has 0 bridgehead atoms. The third kappa shape index (κ3) is 3.72. The van der Waals surface area contributed by atoms with Crippen molar-refractivity contribution in [3.63, 3.8) is 0 Å². The van der Waals surface area contributed by atoms with Gasteiger partial charge in [0, 0.05) is 18.1 Å². The van der Waals surface area contributed by atoms with Gasteiger partial charge in [0.1, 0.15) is 10.7 Å². The summed E-state index contributed by atoms with van der Waals surface area (Å²) in [6.45, 7) is 1.98. The highest BCUT2D eigenvalue weighted by Crippen LogP contribution is 2.20. The number of hydrogen-bond acceptors (Lipinski definition) is 6. The summed E-state index contributed by atoms with van der Waals surface area (Å²) in [4.78, 5) is 27.4. The van der Waals surface area contributed by atoms with Crippen molar-refractivity contribution in [3.8, 4) is 11.5 Å². The Morgan fingerprint density at radius 1 is 1.37 bits per heavy atom. The predicted octanol–water partition coefficient (Wildman–Crippen LogP) is 1.67. The van der Waals surface area contributed by atoms with Gasteiger partial charge in [0.05, 0.1) is 11.9 Å². The highest BCUT2D eigenvalue weighted by molar-refractivity contribution is 7.99. The monoisotopic (exact) mass is 276 g/mol. The number of aryl methyl sites for hydroxylation is 1. The minimum Gasteiger partial charge on any atom is -0.481 e. The van der Waals surface area contributed by atoms with Crippen molar-refractivity contribution in [3.05, 3.63) is 30.4 Å². The van der Waals surface area contributed by atoms with Crippen LogP contribution in [0.15, 0.2) is 29.7 Å². The molecule has 0 amide bonds. The first-order valence-electron chi connectivity index (χ1n) is 5.68. The Morgan fingerprint density at radius 2 is 2.21 bits per heavy atom. The molecule has 2 rings (SSSR count). The van der Waals surface area contributed by atoms with Crippen LogP contribution in [0, 0.1) is 0 Å². The Bertz CT molecular complexity index is 577. The summed E-state index contributed by atoms with van der Waals surface area (Å²) in [7, 11) is 0. The van der Waals surface area contributed by atoms with E-state index in [-0.39, 0.29) is 5.75 Å². The average Bonchev–Trinajstić information content (AvgIpc) is 2.45. The van der Waals surface area contributed by atoms with E-state index < -0.39 is 5.97 Å². The van der Waals surface area contributed by atoms with E-state index in [1.165, 1.54) is 11.8 Å². The number of thioether (sulfide) groups is 1. The average molecular weight is 276 g/mol. The van der Waals surface area contributed by atoms with Crippen LogP contribution in [0.25, 0.3) is 11.5 Å². The maximum absolute atomic E-state index is 10.6.